The average molecular weight is 338 g/mol. The van der Waals surface area contributed by atoms with E-state index < -0.39 is 20.7 Å². The van der Waals surface area contributed by atoms with Crippen LogP contribution >= 0.6 is 0 Å². The fourth-order valence-electron chi connectivity index (χ4n) is 2.08. The van der Waals surface area contributed by atoms with Crippen LogP contribution in [0.3, 0.4) is 0 Å². The first kappa shape index (κ1) is 19.6. The van der Waals surface area contributed by atoms with Crippen LogP contribution < -0.4 is 5.32 Å². The van der Waals surface area contributed by atoms with Crippen LogP contribution in [0.1, 0.15) is 53.2 Å². The van der Waals surface area contributed by atoms with Gasteiger partial charge in [0.1, 0.15) is 11.4 Å². The van der Waals surface area contributed by atoms with Crippen LogP contribution in [0.4, 0.5) is 10.6 Å². The van der Waals surface area contributed by atoms with Crippen LogP contribution in [-0.4, -0.2) is 25.7 Å². The van der Waals surface area contributed by atoms with E-state index in [0.29, 0.717) is 5.82 Å². The van der Waals surface area contributed by atoms with Crippen molar-refractivity contribution in [3.05, 3.63) is 23.9 Å². The summed E-state index contributed by atoms with van der Waals surface area (Å²) in [5.41, 5.74) is 0.203. The summed E-state index contributed by atoms with van der Waals surface area (Å²) in [5.74, 6) is 0.491. The van der Waals surface area contributed by atoms with E-state index >= 15 is 0 Å². The monoisotopic (exact) mass is 337 g/mol. The zero-order valence-electron chi connectivity index (χ0n) is 15.5. The van der Waals surface area contributed by atoms with Crippen LogP contribution in [0, 0.1) is 5.41 Å². The first-order chi connectivity index (χ1) is 10.4. The van der Waals surface area contributed by atoms with Gasteiger partial charge in [0.25, 0.3) is 0 Å². The topological polar surface area (TPSA) is 60.5 Å². The number of aromatic nitrogens is 1. The SMILES string of the molecule is C[Si](C)OC(c1cccnc1NC(=O)OC(C)(C)C)C(C)(C)C. The number of anilines is 1. The first-order valence-corrected chi connectivity index (χ1v) is 10.2. The zero-order chi connectivity index (χ0) is 17.8. The van der Waals surface area contributed by atoms with E-state index in [4.69, 9.17) is 9.16 Å². The Morgan fingerprint density at radius 2 is 1.83 bits per heavy atom. The highest BCUT2D eigenvalue weighted by Gasteiger charge is 2.31. The number of nitrogens with one attached hydrogen (secondary N) is 1. The highest BCUT2D eigenvalue weighted by Crippen LogP contribution is 2.39. The Morgan fingerprint density at radius 3 is 2.30 bits per heavy atom. The molecule has 23 heavy (non-hydrogen) atoms. The fraction of sp³-hybridized carbons (Fsp3) is 0.647. The maximum atomic E-state index is 12.1. The molecule has 5 nitrogen and oxygen atoms in total. The lowest BCUT2D eigenvalue weighted by Crippen LogP contribution is -2.30. The van der Waals surface area contributed by atoms with Gasteiger partial charge < -0.3 is 9.16 Å². The molecule has 0 bridgehead atoms. The summed E-state index contributed by atoms with van der Waals surface area (Å²) in [6, 6.07) is 3.80. The number of rotatable bonds is 4. The van der Waals surface area contributed by atoms with Gasteiger partial charge in [0, 0.05) is 11.8 Å². The first-order valence-electron chi connectivity index (χ1n) is 7.82. The van der Waals surface area contributed by atoms with Gasteiger partial charge in [0.05, 0.1) is 6.10 Å². The second-order valence-corrected chi connectivity index (χ2v) is 9.89. The molecule has 0 aliphatic heterocycles. The summed E-state index contributed by atoms with van der Waals surface area (Å²) in [6.07, 6.45) is 0.994. The molecular formula is C17H29N2O3Si. The molecule has 0 saturated heterocycles. The lowest BCUT2D eigenvalue weighted by atomic mass is 9.85. The zero-order valence-corrected chi connectivity index (χ0v) is 16.5. The van der Waals surface area contributed by atoms with Crippen molar-refractivity contribution in [2.75, 3.05) is 5.32 Å². The van der Waals surface area contributed by atoms with Crippen LogP contribution in [0.5, 0.6) is 0 Å². The molecule has 1 N–H and O–H groups in total. The minimum Gasteiger partial charge on any atom is -0.444 e. The molecule has 1 amide bonds. The molecular weight excluding hydrogens is 308 g/mol. The fourth-order valence-corrected chi connectivity index (χ4v) is 3.03. The molecule has 1 rings (SSSR count). The van der Waals surface area contributed by atoms with E-state index in [2.05, 4.69) is 44.2 Å². The van der Waals surface area contributed by atoms with E-state index in [1.807, 2.05) is 32.9 Å². The third-order valence-electron chi connectivity index (χ3n) is 2.88. The second-order valence-electron chi connectivity index (χ2n) is 7.84. The minimum atomic E-state index is -0.907. The number of carbonyl (C=O) groups excluding carboxylic acids is 1. The molecule has 0 saturated carbocycles. The van der Waals surface area contributed by atoms with Crippen LogP contribution in [-0.2, 0) is 9.16 Å². The van der Waals surface area contributed by atoms with Crippen LogP contribution in [0.15, 0.2) is 18.3 Å². The summed E-state index contributed by atoms with van der Waals surface area (Å²) in [4.78, 5) is 16.4. The molecule has 1 unspecified atom stereocenters. The van der Waals surface area contributed by atoms with E-state index in [0.717, 1.165) is 5.56 Å². The van der Waals surface area contributed by atoms with Crippen molar-refractivity contribution < 1.29 is 14.0 Å². The number of hydrogen-bond acceptors (Lipinski definition) is 4. The third-order valence-corrected chi connectivity index (χ3v) is 3.59. The Hall–Kier alpha value is -1.40. The predicted molar refractivity (Wildman–Crippen MR) is 94.9 cm³/mol. The van der Waals surface area contributed by atoms with Gasteiger partial charge in [-0.2, -0.15) is 0 Å². The number of amides is 1. The smallest absolute Gasteiger partial charge is 0.413 e. The second kappa shape index (κ2) is 7.44. The lowest BCUT2D eigenvalue weighted by molar-refractivity contribution is 0.0632. The van der Waals surface area contributed by atoms with Gasteiger partial charge in [-0.1, -0.05) is 26.8 Å². The average Bonchev–Trinajstić information content (AvgIpc) is 2.33. The van der Waals surface area contributed by atoms with Crippen molar-refractivity contribution in [1.82, 2.24) is 4.98 Å². The highest BCUT2D eigenvalue weighted by molar-refractivity contribution is 6.48. The number of hydrogen-bond donors (Lipinski definition) is 1. The summed E-state index contributed by atoms with van der Waals surface area (Å²) in [6.45, 7) is 16.0. The maximum Gasteiger partial charge on any atom is 0.413 e. The Labute approximate surface area is 141 Å². The Kier molecular flexibility index (Phi) is 6.36. The van der Waals surface area contributed by atoms with E-state index in [9.17, 15) is 4.79 Å². The standard InChI is InChI=1S/C17H29N2O3Si/c1-16(2,3)13(22-23(7)8)12-10-9-11-18-14(12)19-15(20)21-17(4,5)6/h9-11,13H,1-8H3,(H,18,19,20). The quantitative estimate of drug-likeness (QED) is 0.803. The number of pyridine rings is 1. The van der Waals surface area contributed by atoms with Crippen LogP contribution in [0.2, 0.25) is 13.1 Å². The van der Waals surface area contributed by atoms with Gasteiger partial charge in [-0.15, -0.1) is 0 Å². The molecule has 0 aromatic carbocycles. The molecule has 1 aromatic heterocycles. The van der Waals surface area contributed by atoms with E-state index in [1.54, 1.807) is 6.20 Å². The van der Waals surface area contributed by atoms with Gasteiger partial charge in [-0.05, 0) is 45.3 Å². The number of carbonyl (C=O) groups is 1. The molecule has 6 heteroatoms. The van der Waals surface area contributed by atoms with Crippen molar-refractivity contribution in [3.63, 3.8) is 0 Å². The number of nitrogens with zero attached hydrogens (tertiary/aromatic N) is 1. The minimum absolute atomic E-state index is 0.116. The largest absolute Gasteiger partial charge is 0.444 e. The molecule has 0 spiro atoms. The normalized spacial score (nSPS) is 13.8. The van der Waals surface area contributed by atoms with Crippen molar-refractivity contribution in [2.45, 2.75) is 66.3 Å². The molecule has 0 aliphatic rings. The predicted octanol–water partition coefficient (Wildman–Crippen LogP) is 4.78. The summed E-state index contributed by atoms with van der Waals surface area (Å²) >= 11 is 0. The molecule has 1 atom stereocenters. The lowest BCUT2D eigenvalue weighted by Gasteiger charge is -2.33. The molecule has 129 valence electrons. The summed E-state index contributed by atoms with van der Waals surface area (Å²) in [7, 11) is -0.907. The van der Waals surface area contributed by atoms with Gasteiger partial charge in [-0.25, -0.2) is 9.78 Å². The maximum absolute atomic E-state index is 12.1. The van der Waals surface area contributed by atoms with Crippen molar-refractivity contribution in [2.24, 2.45) is 5.41 Å². The van der Waals surface area contributed by atoms with Gasteiger partial charge in [0.2, 0.25) is 9.04 Å². The highest BCUT2D eigenvalue weighted by atomic mass is 28.3. The Morgan fingerprint density at radius 1 is 1.22 bits per heavy atom. The van der Waals surface area contributed by atoms with Crippen LogP contribution in [0.25, 0.3) is 0 Å². The molecule has 1 radical (unpaired) electrons. The van der Waals surface area contributed by atoms with Crippen molar-refractivity contribution >= 4 is 21.0 Å². The third kappa shape index (κ3) is 6.70. The Balaban J connectivity index is 3.10. The van der Waals surface area contributed by atoms with E-state index in [-0.39, 0.29) is 11.5 Å². The van der Waals surface area contributed by atoms with Crippen molar-refractivity contribution in [1.29, 1.82) is 0 Å². The van der Waals surface area contributed by atoms with Gasteiger partial charge in [0.15, 0.2) is 0 Å². The van der Waals surface area contributed by atoms with E-state index in [1.165, 1.54) is 0 Å². The van der Waals surface area contributed by atoms with Crippen molar-refractivity contribution in [3.8, 4) is 0 Å². The number of ether oxygens (including phenoxy) is 1. The van der Waals surface area contributed by atoms with Gasteiger partial charge in [-0.3, -0.25) is 5.32 Å². The summed E-state index contributed by atoms with van der Waals surface area (Å²) in [5, 5.41) is 2.75. The summed E-state index contributed by atoms with van der Waals surface area (Å²) < 4.78 is 11.5. The van der Waals surface area contributed by atoms with Gasteiger partial charge >= 0.3 is 6.09 Å². The Bertz CT molecular complexity index is 533. The molecule has 0 aliphatic carbocycles. The molecule has 1 aromatic rings. The molecule has 0 fully saturated rings. The molecule has 1 heterocycles.